The molecule has 1 saturated heterocycles. The summed E-state index contributed by atoms with van der Waals surface area (Å²) in [6, 6.07) is 15.2. The van der Waals surface area contributed by atoms with Crippen molar-refractivity contribution in [3.63, 3.8) is 0 Å². The standard InChI is InChI=1S/C22H21FN2O3S2/c1-15-24-20(21(29-15)16-7-3-2-4-8-16)22(26)25(18-11-12-30(27,28)14-18)13-17-9-5-6-10-19(17)23/h2-10,18H,11-14H2,1H3. The van der Waals surface area contributed by atoms with E-state index < -0.39 is 21.7 Å². The third kappa shape index (κ3) is 4.29. The zero-order valence-electron chi connectivity index (χ0n) is 16.4. The molecule has 1 aliphatic heterocycles. The molecule has 1 aliphatic rings. The number of rotatable bonds is 5. The number of aryl methyl sites for hydroxylation is 1. The van der Waals surface area contributed by atoms with Gasteiger partial charge in [-0.25, -0.2) is 17.8 Å². The second-order valence-electron chi connectivity index (χ2n) is 7.36. The summed E-state index contributed by atoms with van der Waals surface area (Å²) in [6.45, 7) is 1.83. The van der Waals surface area contributed by atoms with Crippen molar-refractivity contribution in [3.05, 3.63) is 76.7 Å². The molecule has 2 aromatic carbocycles. The maximum Gasteiger partial charge on any atom is 0.274 e. The summed E-state index contributed by atoms with van der Waals surface area (Å²) in [4.78, 5) is 20.3. The molecule has 0 aliphatic carbocycles. The molecule has 4 rings (SSSR count). The fraction of sp³-hybridized carbons (Fsp3) is 0.273. The number of hydrogen-bond acceptors (Lipinski definition) is 5. The summed E-state index contributed by atoms with van der Waals surface area (Å²) in [6.07, 6.45) is 0.340. The Morgan fingerprint density at radius 3 is 2.53 bits per heavy atom. The molecule has 1 aromatic heterocycles. The highest BCUT2D eigenvalue weighted by atomic mass is 32.2. The van der Waals surface area contributed by atoms with Gasteiger partial charge in [-0.1, -0.05) is 48.5 Å². The molecule has 1 fully saturated rings. The fourth-order valence-electron chi connectivity index (χ4n) is 3.69. The highest BCUT2D eigenvalue weighted by molar-refractivity contribution is 7.91. The Balaban J connectivity index is 1.74. The lowest BCUT2D eigenvalue weighted by atomic mass is 10.1. The maximum absolute atomic E-state index is 14.3. The van der Waals surface area contributed by atoms with Crippen molar-refractivity contribution in [1.29, 1.82) is 0 Å². The lowest BCUT2D eigenvalue weighted by Crippen LogP contribution is -2.41. The lowest BCUT2D eigenvalue weighted by Gasteiger charge is -2.28. The normalized spacial score (nSPS) is 17.7. The molecule has 0 N–H and O–H groups in total. The molecule has 5 nitrogen and oxygen atoms in total. The number of hydrogen-bond donors (Lipinski definition) is 0. The van der Waals surface area contributed by atoms with Gasteiger partial charge in [-0.3, -0.25) is 4.79 Å². The topological polar surface area (TPSA) is 67.3 Å². The van der Waals surface area contributed by atoms with E-state index in [9.17, 15) is 17.6 Å². The van der Waals surface area contributed by atoms with Gasteiger partial charge in [-0.15, -0.1) is 11.3 Å². The van der Waals surface area contributed by atoms with E-state index in [0.717, 1.165) is 15.4 Å². The molecule has 3 aromatic rings. The van der Waals surface area contributed by atoms with Crippen LogP contribution in [-0.4, -0.2) is 41.8 Å². The number of nitrogens with zero attached hydrogens (tertiary/aromatic N) is 2. The van der Waals surface area contributed by atoms with Crippen LogP contribution in [0.15, 0.2) is 54.6 Å². The van der Waals surface area contributed by atoms with E-state index in [1.54, 1.807) is 18.2 Å². The van der Waals surface area contributed by atoms with Crippen LogP contribution in [0.4, 0.5) is 4.39 Å². The predicted octanol–water partition coefficient (Wildman–Crippen LogP) is 4.09. The van der Waals surface area contributed by atoms with Crippen molar-refractivity contribution >= 4 is 27.1 Å². The van der Waals surface area contributed by atoms with Crippen molar-refractivity contribution < 1.29 is 17.6 Å². The molecular weight excluding hydrogens is 423 g/mol. The summed E-state index contributed by atoms with van der Waals surface area (Å²) < 4.78 is 38.5. The highest BCUT2D eigenvalue weighted by Gasteiger charge is 2.37. The van der Waals surface area contributed by atoms with Crippen molar-refractivity contribution in [2.75, 3.05) is 11.5 Å². The van der Waals surface area contributed by atoms with Crippen LogP contribution in [0.3, 0.4) is 0 Å². The number of amides is 1. The molecule has 0 bridgehead atoms. The van der Waals surface area contributed by atoms with Crippen molar-refractivity contribution in [3.8, 4) is 10.4 Å². The zero-order valence-corrected chi connectivity index (χ0v) is 18.0. The van der Waals surface area contributed by atoms with Gasteiger partial charge in [0.15, 0.2) is 9.84 Å². The second-order valence-corrected chi connectivity index (χ2v) is 10.8. The average molecular weight is 445 g/mol. The Morgan fingerprint density at radius 2 is 1.87 bits per heavy atom. The summed E-state index contributed by atoms with van der Waals surface area (Å²) in [7, 11) is -3.22. The van der Waals surface area contributed by atoms with Gasteiger partial charge in [0, 0.05) is 18.2 Å². The minimum Gasteiger partial charge on any atom is -0.329 e. The van der Waals surface area contributed by atoms with E-state index in [-0.39, 0.29) is 29.7 Å². The molecule has 1 amide bonds. The van der Waals surface area contributed by atoms with Crippen molar-refractivity contribution in [2.24, 2.45) is 0 Å². The molecular formula is C22H21FN2O3S2. The molecule has 0 spiro atoms. The van der Waals surface area contributed by atoms with Gasteiger partial charge in [0.25, 0.3) is 5.91 Å². The minimum absolute atomic E-state index is 0.00347. The molecule has 2 heterocycles. The molecule has 0 saturated carbocycles. The van der Waals surface area contributed by atoms with Crippen molar-refractivity contribution in [1.82, 2.24) is 9.88 Å². The number of aromatic nitrogens is 1. The SMILES string of the molecule is Cc1nc(C(=O)N(Cc2ccccc2F)C2CCS(=O)(=O)C2)c(-c2ccccc2)s1. The molecule has 30 heavy (non-hydrogen) atoms. The Bertz CT molecular complexity index is 1180. The third-order valence-corrected chi connectivity index (χ3v) is 7.95. The van der Waals surface area contributed by atoms with E-state index in [1.807, 2.05) is 37.3 Å². The van der Waals surface area contributed by atoms with Crippen molar-refractivity contribution in [2.45, 2.75) is 25.9 Å². The predicted molar refractivity (Wildman–Crippen MR) is 116 cm³/mol. The van der Waals surface area contributed by atoms with Gasteiger partial charge in [-0.05, 0) is 25.0 Å². The fourth-order valence-corrected chi connectivity index (χ4v) is 6.34. The van der Waals surface area contributed by atoms with E-state index in [0.29, 0.717) is 12.0 Å². The summed E-state index contributed by atoms with van der Waals surface area (Å²) in [5, 5.41) is 0.738. The van der Waals surface area contributed by atoms with Crippen LogP contribution in [0.2, 0.25) is 0 Å². The van der Waals surface area contributed by atoms with E-state index in [4.69, 9.17) is 0 Å². The van der Waals surface area contributed by atoms with Gasteiger partial charge in [0.1, 0.15) is 11.5 Å². The number of carbonyl (C=O) groups excluding carboxylic acids is 1. The van der Waals surface area contributed by atoms with Gasteiger partial charge in [0.05, 0.1) is 21.4 Å². The number of thiazole rings is 1. The first-order chi connectivity index (χ1) is 14.3. The second kappa shape index (κ2) is 8.28. The van der Waals surface area contributed by atoms with Crippen LogP contribution in [-0.2, 0) is 16.4 Å². The van der Waals surface area contributed by atoms with Crippen LogP contribution in [0, 0.1) is 12.7 Å². The molecule has 1 unspecified atom stereocenters. The Kier molecular flexibility index (Phi) is 5.71. The molecule has 1 atom stereocenters. The smallest absolute Gasteiger partial charge is 0.274 e. The van der Waals surface area contributed by atoms with Gasteiger partial charge in [0.2, 0.25) is 0 Å². The zero-order chi connectivity index (χ0) is 21.3. The van der Waals surface area contributed by atoms with Crippen LogP contribution < -0.4 is 0 Å². The number of sulfone groups is 1. The molecule has 0 radical (unpaired) electrons. The van der Waals surface area contributed by atoms with Crippen LogP contribution in [0.25, 0.3) is 10.4 Å². The van der Waals surface area contributed by atoms with Gasteiger partial charge >= 0.3 is 0 Å². The van der Waals surface area contributed by atoms with E-state index in [1.165, 1.54) is 22.3 Å². The number of carbonyl (C=O) groups is 1. The first kappa shape index (κ1) is 20.7. The highest BCUT2D eigenvalue weighted by Crippen LogP contribution is 2.32. The molecule has 8 heteroatoms. The quantitative estimate of drug-likeness (QED) is 0.595. The summed E-state index contributed by atoms with van der Waals surface area (Å²) in [5.41, 5.74) is 1.50. The Morgan fingerprint density at radius 1 is 1.17 bits per heavy atom. The average Bonchev–Trinajstić information content (AvgIpc) is 3.29. The minimum atomic E-state index is -3.22. The van der Waals surface area contributed by atoms with E-state index >= 15 is 0 Å². The van der Waals surface area contributed by atoms with E-state index in [2.05, 4.69) is 4.98 Å². The van der Waals surface area contributed by atoms with Crippen LogP contribution in [0.1, 0.15) is 27.5 Å². The first-order valence-electron chi connectivity index (χ1n) is 9.62. The number of benzene rings is 2. The van der Waals surface area contributed by atoms with Crippen LogP contribution in [0.5, 0.6) is 0 Å². The Hall–Kier alpha value is -2.58. The maximum atomic E-state index is 14.3. The number of halogens is 1. The first-order valence-corrected chi connectivity index (χ1v) is 12.3. The largest absolute Gasteiger partial charge is 0.329 e. The third-order valence-electron chi connectivity index (χ3n) is 5.18. The van der Waals surface area contributed by atoms with Gasteiger partial charge in [-0.2, -0.15) is 0 Å². The monoisotopic (exact) mass is 444 g/mol. The Labute approximate surface area is 179 Å². The lowest BCUT2D eigenvalue weighted by molar-refractivity contribution is 0.0674. The molecule has 156 valence electrons. The summed E-state index contributed by atoms with van der Waals surface area (Å²) in [5.74, 6) is -0.880. The van der Waals surface area contributed by atoms with Crippen LogP contribution >= 0.6 is 11.3 Å². The van der Waals surface area contributed by atoms with Gasteiger partial charge < -0.3 is 4.90 Å². The summed E-state index contributed by atoms with van der Waals surface area (Å²) >= 11 is 1.41.